The van der Waals surface area contributed by atoms with E-state index in [1.54, 1.807) is 11.3 Å². The van der Waals surface area contributed by atoms with E-state index in [1.807, 2.05) is 35.6 Å². The fourth-order valence-electron chi connectivity index (χ4n) is 4.34. The topological polar surface area (TPSA) is 34.1 Å². The Labute approximate surface area is 209 Å². The highest BCUT2D eigenvalue weighted by Gasteiger charge is 2.31. The maximum Gasteiger partial charge on any atom is 0.234 e. The lowest BCUT2D eigenvalue weighted by atomic mass is 9.81. The zero-order valence-corrected chi connectivity index (χ0v) is 21.8. The molecular weight excluding hydrogens is 456 g/mol. The first kappa shape index (κ1) is 22.9. The number of rotatable bonds is 5. The Bertz CT molecular complexity index is 1430. The second-order valence-electron chi connectivity index (χ2n) is 9.94. The minimum absolute atomic E-state index is 0.181. The maximum atomic E-state index is 13.1. The molecule has 0 fully saturated rings. The van der Waals surface area contributed by atoms with Crippen LogP contribution in [0.3, 0.4) is 0 Å². The van der Waals surface area contributed by atoms with Crippen LogP contribution in [0.25, 0.3) is 31.3 Å². The van der Waals surface area contributed by atoms with Crippen molar-refractivity contribution < 1.29 is 9.59 Å². The quantitative estimate of drug-likeness (QED) is 0.265. The summed E-state index contributed by atoms with van der Waals surface area (Å²) in [5.41, 5.74) is 4.96. The van der Waals surface area contributed by atoms with Crippen molar-refractivity contribution in [2.75, 3.05) is 0 Å². The molecule has 0 N–H and O–H groups in total. The van der Waals surface area contributed by atoms with Crippen molar-refractivity contribution in [3.63, 3.8) is 0 Å². The SMILES string of the molecule is CCC(C)(C)c1ccc(-c2ccc(-c3ccc4c(c3)C(=O)C(=O)c3cc(C(C)C)ccc3-4)s2)s1. The van der Waals surface area contributed by atoms with Gasteiger partial charge in [-0.15, -0.1) is 22.7 Å². The predicted molar refractivity (Wildman–Crippen MR) is 145 cm³/mol. The van der Waals surface area contributed by atoms with E-state index in [1.165, 1.54) is 14.6 Å². The molecule has 2 nitrogen and oxygen atoms in total. The number of carbonyl (C=O) groups is 2. The third kappa shape index (κ3) is 3.79. The first-order chi connectivity index (χ1) is 16.2. The molecule has 0 radical (unpaired) electrons. The molecule has 5 rings (SSSR count). The molecule has 0 amide bonds. The van der Waals surface area contributed by atoms with Crippen molar-refractivity contribution in [2.24, 2.45) is 0 Å². The normalized spacial score (nSPS) is 13.4. The van der Waals surface area contributed by atoms with E-state index in [-0.39, 0.29) is 5.41 Å². The molecule has 172 valence electrons. The van der Waals surface area contributed by atoms with Gasteiger partial charge in [0.15, 0.2) is 0 Å². The number of hydrogen-bond acceptors (Lipinski definition) is 4. The molecule has 2 aromatic carbocycles. The third-order valence-electron chi connectivity index (χ3n) is 7.01. The molecule has 1 aliphatic rings. The number of benzene rings is 2. The van der Waals surface area contributed by atoms with Crippen LogP contribution in [0.4, 0.5) is 0 Å². The van der Waals surface area contributed by atoms with E-state index in [4.69, 9.17) is 0 Å². The molecule has 2 aromatic heterocycles. The molecule has 2 heterocycles. The van der Waals surface area contributed by atoms with Gasteiger partial charge in [-0.3, -0.25) is 9.59 Å². The molecule has 0 saturated carbocycles. The first-order valence-electron chi connectivity index (χ1n) is 11.8. The number of Topliss-reactive ketones (excluding diaryl/α,β-unsaturated/α-hetero) is 2. The summed E-state index contributed by atoms with van der Waals surface area (Å²) >= 11 is 3.58. The molecule has 0 bridgehead atoms. The van der Waals surface area contributed by atoms with Gasteiger partial charge >= 0.3 is 0 Å². The molecule has 0 aliphatic heterocycles. The Morgan fingerprint density at radius 1 is 0.706 bits per heavy atom. The lowest BCUT2D eigenvalue weighted by molar-refractivity contribution is 0.0815. The summed E-state index contributed by atoms with van der Waals surface area (Å²) in [6, 6.07) is 20.6. The van der Waals surface area contributed by atoms with E-state index >= 15 is 0 Å². The van der Waals surface area contributed by atoms with Gasteiger partial charge in [-0.05, 0) is 76.4 Å². The van der Waals surface area contributed by atoms with Crippen LogP contribution in [0, 0.1) is 0 Å². The van der Waals surface area contributed by atoms with Gasteiger partial charge in [0, 0.05) is 30.6 Å². The van der Waals surface area contributed by atoms with Crippen LogP contribution >= 0.6 is 22.7 Å². The Morgan fingerprint density at radius 3 is 1.97 bits per heavy atom. The highest BCUT2D eigenvalue weighted by molar-refractivity contribution is 7.24. The zero-order valence-electron chi connectivity index (χ0n) is 20.2. The van der Waals surface area contributed by atoms with Crippen molar-refractivity contribution in [1.82, 2.24) is 0 Å². The second-order valence-corrected chi connectivity index (χ2v) is 12.1. The van der Waals surface area contributed by atoms with E-state index in [0.717, 1.165) is 33.6 Å². The highest BCUT2D eigenvalue weighted by atomic mass is 32.1. The van der Waals surface area contributed by atoms with Crippen LogP contribution in [0.5, 0.6) is 0 Å². The molecule has 1 aliphatic carbocycles. The maximum absolute atomic E-state index is 13.1. The molecule has 34 heavy (non-hydrogen) atoms. The summed E-state index contributed by atoms with van der Waals surface area (Å²) in [6.07, 6.45) is 1.10. The largest absolute Gasteiger partial charge is 0.285 e. The number of fused-ring (bicyclic) bond motifs is 3. The Hall–Kier alpha value is -2.82. The summed E-state index contributed by atoms with van der Waals surface area (Å²) in [5, 5.41) is 0. The smallest absolute Gasteiger partial charge is 0.234 e. The second kappa shape index (κ2) is 8.44. The third-order valence-corrected chi connectivity index (χ3v) is 9.79. The molecular formula is C30H28O2S2. The van der Waals surface area contributed by atoms with Crippen LogP contribution in [-0.2, 0) is 5.41 Å². The van der Waals surface area contributed by atoms with Gasteiger partial charge < -0.3 is 0 Å². The van der Waals surface area contributed by atoms with Crippen molar-refractivity contribution >= 4 is 34.2 Å². The monoisotopic (exact) mass is 484 g/mol. The minimum Gasteiger partial charge on any atom is -0.285 e. The van der Waals surface area contributed by atoms with Crippen molar-refractivity contribution in [3.05, 3.63) is 82.2 Å². The van der Waals surface area contributed by atoms with E-state index in [2.05, 4.69) is 71.0 Å². The lowest BCUT2D eigenvalue weighted by Crippen LogP contribution is -2.21. The number of ketones is 2. The molecule has 0 atom stereocenters. The first-order valence-corrected chi connectivity index (χ1v) is 13.4. The molecule has 4 aromatic rings. The van der Waals surface area contributed by atoms with Crippen LogP contribution in [0.15, 0.2) is 60.7 Å². The van der Waals surface area contributed by atoms with Crippen LogP contribution in [0.1, 0.15) is 78.1 Å². The van der Waals surface area contributed by atoms with Crippen LogP contribution in [-0.4, -0.2) is 11.6 Å². The van der Waals surface area contributed by atoms with Gasteiger partial charge in [0.1, 0.15) is 0 Å². The lowest BCUT2D eigenvalue weighted by Gasteiger charge is -2.20. The number of carbonyl (C=O) groups excluding carboxylic acids is 2. The summed E-state index contributed by atoms with van der Waals surface area (Å²) in [4.78, 5) is 31.0. The van der Waals surface area contributed by atoms with E-state index in [9.17, 15) is 9.59 Å². The average molecular weight is 485 g/mol. The van der Waals surface area contributed by atoms with Gasteiger partial charge in [-0.2, -0.15) is 0 Å². The average Bonchev–Trinajstić information content (AvgIpc) is 3.52. The van der Waals surface area contributed by atoms with Crippen molar-refractivity contribution in [3.8, 4) is 31.3 Å². The van der Waals surface area contributed by atoms with Gasteiger partial charge in [0.05, 0.1) is 0 Å². The van der Waals surface area contributed by atoms with Crippen LogP contribution < -0.4 is 0 Å². The van der Waals surface area contributed by atoms with Crippen LogP contribution in [0.2, 0.25) is 0 Å². The van der Waals surface area contributed by atoms with Gasteiger partial charge in [0.25, 0.3) is 0 Å². The van der Waals surface area contributed by atoms with Gasteiger partial charge in [-0.25, -0.2) is 0 Å². The fourth-order valence-corrected chi connectivity index (χ4v) is 6.61. The zero-order chi connectivity index (χ0) is 24.2. The summed E-state index contributed by atoms with van der Waals surface area (Å²) in [5.74, 6) is -0.511. The summed E-state index contributed by atoms with van der Waals surface area (Å²) < 4.78 is 0. The van der Waals surface area contributed by atoms with E-state index < -0.39 is 11.6 Å². The Kier molecular flexibility index (Phi) is 5.70. The molecule has 0 unspecified atom stereocenters. The highest BCUT2D eigenvalue weighted by Crippen LogP contribution is 2.43. The molecule has 0 saturated heterocycles. The standard InChI is InChI=1S/C30H28O2S2/c1-6-30(4,5)27-14-13-26(34-27)25-12-11-24(33-25)19-8-10-21-20-9-7-18(17(2)3)15-22(20)28(31)29(32)23(21)16-19/h7-17H,6H2,1-5H3. The van der Waals surface area contributed by atoms with Gasteiger partial charge in [0.2, 0.25) is 11.6 Å². The number of hydrogen-bond donors (Lipinski definition) is 0. The fraction of sp³-hybridized carbons (Fsp3) is 0.267. The Morgan fingerprint density at radius 2 is 1.29 bits per heavy atom. The molecule has 0 spiro atoms. The van der Waals surface area contributed by atoms with E-state index in [0.29, 0.717) is 17.0 Å². The number of thiophene rings is 2. The van der Waals surface area contributed by atoms with Crippen molar-refractivity contribution in [2.45, 2.75) is 52.4 Å². The van der Waals surface area contributed by atoms with Crippen molar-refractivity contribution in [1.29, 1.82) is 0 Å². The predicted octanol–water partition coefficient (Wildman–Crippen LogP) is 9.00. The minimum atomic E-state index is -0.410. The Balaban J connectivity index is 1.51. The summed E-state index contributed by atoms with van der Waals surface area (Å²) in [6.45, 7) is 11.0. The molecule has 4 heteroatoms. The summed E-state index contributed by atoms with van der Waals surface area (Å²) in [7, 11) is 0. The van der Waals surface area contributed by atoms with Gasteiger partial charge in [-0.1, -0.05) is 58.9 Å².